The lowest BCUT2D eigenvalue weighted by atomic mass is 9.86. The molecule has 0 bridgehead atoms. The second-order valence-corrected chi connectivity index (χ2v) is 6.82. The van der Waals surface area contributed by atoms with Gasteiger partial charge in [-0.3, -0.25) is 0 Å². The lowest BCUT2D eigenvalue weighted by molar-refractivity contribution is 0.371. The molecule has 1 unspecified atom stereocenters. The van der Waals surface area contributed by atoms with Gasteiger partial charge in [0, 0.05) is 11.6 Å². The van der Waals surface area contributed by atoms with Crippen LogP contribution in [0, 0.1) is 5.41 Å². The van der Waals surface area contributed by atoms with E-state index < -0.39 is 0 Å². The van der Waals surface area contributed by atoms with Crippen molar-refractivity contribution in [2.75, 3.05) is 13.7 Å². The maximum Gasteiger partial charge on any atom is 0.123 e. The highest BCUT2D eigenvalue weighted by Gasteiger charge is 2.20. The summed E-state index contributed by atoms with van der Waals surface area (Å²) < 4.78 is 5.54. The summed E-state index contributed by atoms with van der Waals surface area (Å²) in [4.78, 5) is 0. The highest BCUT2D eigenvalue weighted by molar-refractivity contribution is 5.40. The third-order valence-corrected chi connectivity index (χ3v) is 3.71. The van der Waals surface area contributed by atoms with Gasteiger partial charge in [0.05, 0.1) is 7.11 Å². The highest BCUT2D eigenvalue weighted by Crippen LogP contribution is 2.33. The average molecular weight is 261 g/mol. The van der Waals surface area contributed by atoms with Crippen LogP contribution in [0.3, 0.4) is 0 Å². The molecule has 2 heteroatoms. The zero-order valence-electron chi connectivity index (χ0n) is 12.8. The predicted molar refractivity (Wildman–Crippen MR) is 80.7 cm³/mol. The van der Waals surface area contributed by atoms with Crippen molar-refractivity contribution in [1.82, 2.24) is 5.32 Å². The van der Waals surface area contributed by atoms with Crippen LogP contribution in [-0.2, 0) is 6.42 Å². The SMILES string of the molecule is COc1ccc(CC(C)(C)C)cc1C1CCCCN1. The van der Waals surface area contributed by atoms with E-state index in [-0.39, 0.29) is 0 Å². The molecule has 2 nitrogen and oxygen atoms in total. The third kappa shape index (κ3) is 3.97. The fourth-order valence-corrected chi connectivity index (χ4v) is 2.90. The van der Waals surface area contributed by atoms with Crippen molar-refractivity contribution in [2.24, 2.45) is 5.41 Å². The lowest BCUT2D eigenvalue weighted by Gasteiger charge is -2.26. The first-order chi connectivity index (χ1) is 8.99. The Morgan fingerprint density at radius 1 is 1.26 bits per heavy atom. The minimum Gasteiger partial charge on any atom is -0.496 e. The van der Waals surface area contributed by atoms with Crippen LogP contribution >= 0.6 is 0 Å². The topological polar surface area (TPSA) is 21.3 Å². The van der Waals surface area contributed by atoms with E-state index in [0.717, 1.165) is 18.7 Å². The molecule has 1 atom stereocenters. The number of benzene rings is 1. The molecule has 0 aromatic heterocycles. The van der Waals surface area contributed by atoms with Crippen LogP contribution in [0.2, 0.25) is 0 Å². The molecule has 1 saturated heterocycles. The number of nitrogens with one attached hydrogen (secondary N) is 1. The third-order valence-electron chi connectivity index (χ3n) is 3.71. The van der Waals surface area contributed by atoms with Crippen molar-refractivity contribution in [3.63, 3.8) is 0 Å². The zero-order chi connectivity index (χ0) is 13.9. The van der Waals surface area contributed by atoms with Crippen LogP contribution in [0.15, 0.2) is 18.2 Å². The van der Waals surface area contributed by atoms with Crippen molar-refractivity contribution < 1.29 is 4.74 Å². The van der Waals surface area contributed by atoms with E-state index in [0.29, 0.717) is 11.5 Å². The van der Waals surface area contributed by atoms with Gasteiger partial charge < -0.3 is 10.1 Å². The van der Waals surface area contributed by atoms with Gasteiger partial charge in [0.2, 0.25) is 0 Å². The Morgan fingerprint density at radius 3 is 2.63 bits per heavy atom. The van der Waals surface area contributed by atoms with Crippen LogP contribution in [0.5, 0.6) is 5.75 Å². The minimum absolute atomic E-state index is 0.325. The van der Waals surface area contributed by atoms with Crippen molar-refractivity contribution in [1.29, 1.82) is 0 Å². The maximum absolute atomic E-state index is 5.54. The Morgan fingerprint density at radius 2 is 2.05 bits per heavy atom. The minimum atomic E-state index is 0.325. The molecular formula is C17H27NO. The number of piperidine rings is 1. The van der Waals surface area contributed by atoms with Crippen molar-refractivity contribution in [2.45, 2.75) is 52.5 Å². The van der Waals surface area contributed by atoms with Crippen molar-refractivity contribution in [3.05, 3.63) is 29.3 Å². The first kappa shape index (κ1) is 14.4. The molecule has 1 aliphatic rings. The molecule has 0 aliphatic carbocycles. The Hall–Kier alpha value is -1.02. The van der Waals surface area contributed by atoms with Gasteiger partial charge in [0.25, 0.3) is 0 Å². The molecule has 1 aliphatic heterocycles. The van der Waals surface area contributed by atoms with Crippen LogP contribution in [0.4, 0.5) is 0 Å². The fraction of sp³-hybridized carbons (Fsp3) is 0.647. The largest absolute Gasteiger partial charge is 0.496 e. The molecule has 0 amide bonds. The van der Waals surface area contributed by atoms with Crippen LogP contribution in [0.1, 0.15) is 57.2 Å². The quantitative estimate of drug-likeness (QED) is 0.884. The lowest BCUT2D eigenvalue weighted by Crippen LogP contribution is -2.27. The van der Waals surface area contributed by atoms with Crippen LogP contribution < -0.4 is 10.1 Å². The van der Waals surface area contributed by atoms with E-state index in [1.54, 1.807) is 7.11 Å². The Balaban J connectivity index is 2.25. The van der Waals surface area contributed by atoms with E-state index in [4.69, 9.17) is 4.74 Å². The Kier molecular flexibility index (Phi) is 4.51. The van der Waals surface area contributed by atoms with Gasteiger partial charge in [-0.1, -0.05) is 39.3 Å². The Bertz CT molecular complexity index is 414. The molecule has 1 fully saturated rings. The van der Waals surface area contributed by atoms with Crippen LogP contribution in [-0.4, -0.2) is 13.7 Å². The molecule has 0 radical (unpaired) electrons. The van der Waals surface area contributed by atoms with Gasteiger partial charge in [-0.2, -0.15) is 0 Å². The molecule has 106 valence electrons. The molecule has 0 saturated carbocycles. The summed E-state index contributed by atoms with van der Waals surface area (Å²) in [5.41, 5.74) is 3.07. The molecular weight excluding hydrogens is 234 g/mol. The summed E-state index contributed by atoms with van der Waals surface area (Å²) in [5, 5.41) is 3.62. The molecule has 1 N–H and O–H groups in total. The molecule has 1 heterocycles. The van der Waals surface area contributed by atoms with Crippen molar-refractivity contribution in [3.8, 4) is 5.75 Å². The van der Waals surface area contributed by atoms with Crippen LogP contribution in [0.25, 0.3) is 0 Å². The van der Waals surface area contributed by atoms with E-state index in [1.165, 1.54) is 30.4 Å². The van der Waals surface area contributed by atoms with Gasteiger partial charge in [-0.15, -0.1) is 0 Å². The molecule has 2 rings (SSSR count). The van der Waals surface area contributed by atoms with Gasteiger partial charge in [-0.05, 0) is 42.9 Å². The second kappa shape index (κ2) is 5.96. The highest BCUT2D eigenvalue weighted by atomic mass is 16.5. The van der Waals surface area contributed by atoms with Gasteiger partial charge in [0.15, 0.2) is 0 Å². The smallest absolute Gasteiger partial charge is 0.123 e. The van der Waals surface area contributed by atoms with Gasteiger partial charge in [0.1, 0.15) is 5.75 Å². The van der Waals surface area contributed by atoms with E-state index in [9.17, 15) is 0 Å². The fourth-order valence-electron chi connectivity index (χ4n) is 2.90. The summed E-state index contributed by atoms with van der Waals surface area (Å²) in [6.45, 7) is 7.98. The molecule has 19 heavy (non-hydrogen) atoms. The van der Waals surface area contributed by atoms with E-state index in [2.05, 4.69) is 44.3 Å². The monoisotopic (exact) mass is 261 g/mol. The standard InChI is InChI=1S/C17H27NO/c1-17(2,3)12-13-8-9-16(19-4)14(11-13)15-7-5-6-10-18-15/h8-9,11,15,18H,5-7,10,12H2,1-4H3. The summed E-state index contributed by atoms with van der Waals surface area (Å²) in [6.07, 6.45) is 4.93. The van der Waals surface area contributed by atoms with Gasteiger partial charge in [-0.25, -0.2) is 0 Å². The second-order valence-electron chi connectivity index (χ2n) is 6.82. The number of hydrogen-bond donors (Lipinski definition) is 1. The summed E-state index contributed by atoms with van der Waals surface area (Å²) in [7, 11) is 1.77. The number of methoxy groups -OCH3 is 1. The normalized spacial score (nSPS) is 20.3. The van der Waals surface area contributed by atoms with E-state index >= 15 is 0 Å². The number of rotatable bonds is 3. The molecule has 1 aromatic rings. The average Bonchev–Trinajstić information content (AvgIpc) is 2.38. The molecule has 1 aromatic carbocycles. The predicted octanol–water partition coefficient (Wildman–Crippen LogP) is 4.10. The summed E-state index contributed by atoms with van der Waals surface area (Å²) in [6, 6.07) is 7.14. The first-order valence-electron chi connectivity index (χ1n) is 7.40. The number of ether oxygens (including phenoxy) is 1. The summed E-state index contributed by atoms with van der Waals surface area (Å²) in [5.74, 6) is 1.03. The first-order valence-corrected chi connectivity index (χ1v) is 7.40. The van der Waals surface area contributed by atoms with Gasteiger partial charge >= 0.3 is 0 Å². The molecule has 0 spiro atoms. The maximum atomic E-state index is 5.54. The summed E-state index contributed by atoms with van der Waals surface area (Å²) >= 11 is 0. The zero-order valence-corrected chi connectivity index (χ0v) is 12.8. The number of hydrogen-bond acceptors (Lipinski definition) is 2. The Labute approximate surface area is 117 Å². The van der Waals surface area contributed by atoms with E-state index in [1.807, 2.05) is 0 Å². The van der Waals surface area contributed by atoms with Crippen molar-refractivity contribution >= 4 is 0 Å².